The van der Waals surface area contributed by atoms with E-state index >= 15 is 0 Å². The smallest absolute Gasteiger partial charge is 0.344 e. The highest BCUT2D eigenvalue weighted by Gasteiger charge is 2.13. The minimum absolute atomic E-state index is 0.0763. The lowest BCUT2D eigenvalue weighted by Gasteiger charge is -2.08. The molecule has 44 heavy (non-hydrogen) atoms. The van der Waals surface area contributed by atoms with Crippen molar-refractivity contribution in [2.75, 3.05) is 26.4 Å². The van der Waals surface area contributed by atoms with Crippen LogP contribution in [0, 0.1) is 0 Å². The summed E-state index contributed by atoms with van der Waals surface area (Å²) in [5.74, 6) is -1.24. The molecule has 0 aliphatic carbocycles. The molecule has 0 radical (unpaired) electrons. The van der Waals surface area contributed by atoms with Crippen molar-refractivity contribution in [1.82, 2.24) is 10.2 Å². The van der Waals surface area contributed by atoms with Crippen molar-refractivity contribution in [2.24, 2.45) is 0 Å². The fourth-order valence-corrected chi connectivity index (χ4v) is 3.35. The number of hydrogen-bond acceptors (Lipinski definition) is 12. The largest absolute Gasteiger partial charge is 0.494 e. The van der Waals surface area contributed by atoms with Crippen molar-refractivity contribution in [2.45, 2.75) is 25.7 Å². The number of carbonyl (C=O) groups excluding carboxylic acids is 4. The first-order chi connectivity index (χ1) is 21.4. The molecular formula is C32H32N2O10. The number of nitrogens with zero attached hydrogens (tertiary/aromatic N) is 2. The van der Waals surface area contributed by atoms with Crippen LogP contribution in [0.4, 0.5) is 0 Å². The van der Waals surface area contributed by atoms with E-state index in [1.807, 2.05) is 0 Å². The van der Waals surface area contributed by atoms with Gasteiger partial charge in [-0.15, -0.1) is 10.2 Å². The Bertz CT molecular complexity index is 1300. The second kappa shape index (κ2) is 18.1. The molecule has 230 valence electrons. The van der Waals surface area contributed by atoms with Gasteiger partial charge in [0.25, 0.3) is 0 Å². The molecule has 0 spiro atoms. The van der Waals surface area contributed by atoms with Gasteiger partial charge < -0.3 is 28.4 Å². The predicted octanol–water partition coefficient (Wildman–Crippen LogP) is 4.69. The molecule has 0 atom stereocenters. The highest BCUT2D eigenvalue weighted by Crippen LogP contribution is 2.18. The summed E-state index contributed by atoms with van der Waals surface area (Å²) in [5.41, 5.74) is 0.542. The molecule has 0 aliphatic rings. The molecule has 0 saturated heterocycles. The molecule has 0 N–H and O–H groups in total. The molecule has 12 heteroatoms. The van der Waals surface area contributed by atoms with Crippen LogP contribution in [0.15, 0.2) is 86.0 Å². The van der Waals surface area contributed by atoms with Gasteiger partial charge in [0.2, 0.25) is 11.8 Å². The van der Waals surface area contributed by atoms with Gasteiger partial charge in [-0.3, -0.25) is 0 Å². The Morgan fingerprint density at radius 3 is 1.25 bits per heavy atom. The molecule has 0 unspecified atom stereocenters. The summed E-state index contributed by atoms with van der Waals surface area (Å²) in [6.45, 7) is 8.07. The van der Waals surface area contributed by atoms with Gasteiger partial charge in [-0.25, -0.2) is 19.2 Å². The first-order valence-electron chi connectivity index (χ1n) is 13.7. The maximum atomic E-state index is 12.5. The van der Waals surface area contributed by atoms with Crippen LogP contribution in [0.3, 0.4) is 0 Å². The number of esters is 4. The fraction of sp³-hybridized carbons (Fsp3) is 0.250. The first kappa shape index (κ1) is 33.0. The standard InChI is InChI=1S/C32H32N2O10/c1-3-29(35)41-21-7-5-19-39-25-13-9-23(10-14-25)31(37)43-27-17-18-28(34-33-27)44-32(38)24-11-15-26(16-12-24)40-20-6-8-22-42-30(36)4-2/h3-4,9-18H,1-2,5-8,19-22H2. The first-order valence-corrected chi connectivity index (χ1v) is 13.7. The summed E-state index contributed by atoms with van der Waals surface area (Å²) in [5, 5.41) is 7.58. The number of rotatable bonds is 18. The highest BCUT2D eigenvalue weighted by molar-refractivity contribution is 5.91. The number of unbranched alkanes of at least 4 members (excludes halogenated alkanes) is 2. The molecular weight excluding hydrogens is 572 g/mol. The molecule has 0 bridgehead atoms. The van der Waals surface area contributed by atoms with Gasteiger partial charge in [0.15, 0.2) is 0 Å². The van der Waals surface area contributed by atoms with Gasteiger partial charge in [-0.2, -0.15) is 0 Å². The van der Waals surface area contributed by atoms with E-state index in [0.717, 1.165) is 12.2 Å². The van der Waals surface area contributed by atoms with Crippen LogP contribution in [-0.2, 0) is 19.1 Å². The molecule has 0 aliphatic heterocycles. The Morgan fingerprint density at radius 2 is 0.909 bits per heavy atom. The van der Waals surface area contributed by atoms with Crippen LogP contribution < -0.4 is 18.9 Å². The minimum atomic E-state index is -0.655. The number of hydrogen-bond donors (Lipinski definition) is 0. The van der Waals surface area contributed by atoms with Gasteiger partial charge in [0.1, 0.15) is 11.5 Å². The third-order valence-corrected chi connectivity index (χ3v) is 5.63. The molecule has 1 heterocycles. The molecule has 1 aromatic heterocycles. The molecule has 0 fully saturated rings. The molecule has 3 rings (SSSR count). The van der Waals surface area contributed by atoms with E-state index in [0.29, 0.717) is 50.4 Å². The zero-order valence-corrected chi connectivity index (χ0v) is 24.0. The van der Waals surface area contributed by atoms with Crippen molar-refractivity contribution in [3.8, 4) is 23.3 Å². The van der Waals surface area contributed by atoms with Crippen molar-refractivity contribution < 1.29 is 47.6 Å². The quantitative estimate of drug-likeness (QED) is 0.113. The summed E-state index contributed by atoms with van der Waals surface area (Å²) in [6.07, 6.45) is 4.88. The van der Waals surface area contributed by atoms with Gasteiger partial charge in [0.05, 0.1) is 37.6 Å². The van der Waals surface area contributed by atoms with Crippen LogP contribution >= 0.6 is 0 Å². The monoisotopic (exact) mass is 604 g/mol. The summed E-state index contributed by atoms with van der Waals surface area (Å²) in [4.78, 5) is 46.9. The summed E-state index contributed by atoms with van der Waals surface area (Å²) < 4.78 is 31.5. The van der Waals surface area contributed by atoms with Crippen molar-refractivity contribution in [3.05, 3.63) is 97.1 Å². The van der Waals surface area contributed by atoms with E-state index < -0.39 is 23.9 Å². The van der Waals surface area contributed by atoms with Crippen LogP contribution in [0.25, 0.3) is 0 Å². The van der Waals surface area contributed by atoms with Crippen LogP contribution in [0.2, 0.25) is 0 Å². The lowest BCUT2D eigenvalue weighted by atomic mass is 10.2. The average Bonchev–Trinajstić information content (AvgIpc) is 3.05. The van der Waals surface area contributed by atoms with E-state index in [9.17, 15) is 19.2 Å². The Hall–Kier alpha value is -5.52. The second-order valence-electron chi connectivity index (χ2n) is 8.89. The number of ether oxygens (including phenoxy) is 6. The molecule has 12 nitrogen and oxygen atoms in total. The molecule has 0 saturated carbocycles. The van der Waals surface area contributed by atoms with Gasteiger partial charge in [0, 0.05) is 24.3 Å². The van der Waals surface area contributed by atoms with Gasteiger partial charge in [-0.05, 0) is 74.2 Å². The highest BCUT2D eigenvalue weighted by atomic mass is 16.6. The fourth-order valence-electron chi connectivity index (χ4n) is 3.35. The number of aromatic nitrogens is 2. The average molecular weight is 605 g/mol. The van der Waals surface area contributed by atoms with Crippen LogP contribution in [0.1, 0.15) is 46.4 Å². The maximum absolute atomic E-state index is 12.5. The van der Waals surface area contributed by atoms with E-state index in [1.54, 1.807) is 48.5 Å². The molecule has 2 aromatic carbocycles. The summed E-state index contributed by atoms with van der Waals surface area (Å²) >= 11 is 0. The predicted molar refractivity (Wildman–Crippen MR) is 157 cm³/mol. The Morgan fingerprint density at radius 1 is 0.545 bits per heavy atom. The second-order valence-corrected chi connectivity index (χ2v) is 8.89. The van der Waals surface area contributed by atoms with E-state index in [-0.39, 0.29) is 36.1 Å². The maximum Gasteiger partial charge on any atom is 0.344 e. The zero-order valence-electron chi connectivity index (χ0n) is 24.0. The van der Waals surface area contributed by atoms with Crippen molar-refractivity contribution in [3.63, 3.8) is 0 Å². The third-order valence-electron chi connectivity index (χ3n) is 5.63. The molecule has 0 amide bonds. The third kappa shape index (κ3) is 11.8. The van der Waals surface area contributed by atoms with Crippen molar-refractivity contribution in [1.29, 1.82) is 0 Å². The lowest BCUT2D eigenvalue weighted by molar-refractivity contribution is -0.138. The van der Waals surface area contributed by atoms with E-state index in [4.69, 9.17) is 28.4 Å². The summed E-state index contributed by atoms with van der Waals surface area (Å²) in [7, 11) is 0. The zero-order chi connectivity index (χ0) is 31.6. The van der Waals surface area contributed by atoms with Crippen molar-refractivity contribution >= 4 is 23.9 Å². The van der Waals surface area contributed by atoms with E-state index in [2.05, 4.69) is 23.4 Å². The Labute approximate surface area is 254 Å². The Kier molecular flexibility index (Phi) is 13.6. The lowest BCUT2D eigenvalue weighted by Crippen LogP contribution is -2.12. The van der Waals surface area contributed by atoms with Gasteiger partial charge in [-0.1, -0.05) is 13.2 Å². The number of benzene rings is 2. The normalized spacial score (nSPS) is 10.2. The topological polar surface area (TPSA) is 149 Å². The van der Waals surface area contributed by atoms with Crippen LogP contribution in [0.5, 0.6) is 23.3 Å². The van der Waals surface area contributed by atoms with Crippen LogP contribution in [-0.4, -0.2) is 60.5 Å². The van der Waals surface area contributed by atoms with E-state index in [1.165, 1.54) is 12.1 Å². The molecule has 3 aromatic rings. The van der Waals surface area contributed by atoms with Gasteiger partial charge >= 0.3 is 23.9 Å². The Balaban J connectivity index is 1.37. The minimum Gasteiger partial charge on any atom is -0.494 e. The summed E-state index contributed by atoms with van der Waals surface area (Å²) in [6, 6.07) is 15.4. The SMILES string of the molecule is C=CC(=O)OCCCCOc1ccc(C(=O)Oc2ccc(OC(=O)c3ccc(OCCCCOC(=O)C=C)cc3)nn2)cc1. The number of carbonyl (C=O) groups is 4.